The summed E-state index contributed by atoms with van der Waals surface area (Å²) < 4.78 is 1.89. The van der Waals surface area contributed by atoms with E-state index in [1.165, 1.54) is 4.88 Å². The summed E-state index contributed by atoms with van der Waals surface area (Å²) in [6.45, 7) is 8.52. The smallest absolute Gasteiger partial charge is 0.252 e. The molecule has 2 amide bonds. The first kappa shape index (κ1) is 21.5. The first-order valence-electron chi connectivity index (χ1n) is 10.6. The molecule has 164 valence electrons. The second-order valence-corrected chi connectivity index (χ2v) is 9.13. The Hall–Kier alpha value is -2.78. The summed E-state index contributed by atoms with van der Waals surface area (Å²) in [6.07, 6.45) is 2.62. The highest BCUT2D eigenvalue weighted by molar-refractivity contribution is 7.09. The SMILES string of the molecule is CC(=O)N1CCN(C(C)C)C(c2nnc3ccc(C(=O)NCCc4cccs4)cn23)C1. The summed E-state index contributed by atoms with van der Waals surface area (Å²) in [6, 6.07) is 7.90. The Bertz CT molecular complexity index is 1060. The van der Waals surface area contributed by atoms with Gasteiger partial charge < -0.3 is 10.2 Å². The quantitative estimate of drug-likeness (QED) is 0.636. The Kier molecular flexibility index (Phi) is 6.33. The number of hydrogen-bond acceptors (Lipinski definition) is 6. The van der Waals surface area contributed by atoms with Crippen molar-refractivity contribution in [2.24, 2.45) is 0 Å². The van der Waals surface area contributed by atoms with Gasteiger partial charge in [-0.25, -0.2) is 0 Å². The third kappa shape index (κ3) is 4.62. The number of piperazine rings is 1. The van der Waals surface area contributed by atoms with Crippen LogP contribution < -0.4 is 5.32 Å². The molecular weight excluding hydrogens is 412 g/mol. The van der Waals surface area contributed by atoms with E-state index in [0.29, 0.717) is 36.9 Å². The Morgan fingerprint density at radius 3 is 2.77 bits per heavy atom. The number of hydrogen-bond donors (Lipinski definition) is 1. The van der Waals surface area contributed by atoms with E-state index in [4.69, 9.17) is 0 Å². The lowest BCUT2D eigenvalue weighted by Gasteiger charge is -2.42. The molecule has 3 aromatic heterocycles. The predicted molar refractivity (Wildman–Crippen MR) is 120 cm³/mol. The number of amides is 2. The Labute approximate surface area is 185 Å². The molecule has 1 unspecified atom stereocenters. The van der Waals surface area contributed by atoms with Crippen LogP contribution in [0.3, 0.4) is 0 Å². The van der Waals surface area contributed by atoms with E-state index in [-0.39, 0.29) is 17.9 Å². The fourth-order valence-corrected chi connectivity index (χ4v) is 4.77. The van der Waals surface area contributed by atoms with Gasteiger partial charge in [0.25, 0.3) is 5.91 Å². The molecule has 31 heavy (non-hydrogen) atoms. The van der Waals surface area contributed by atoms with Gasteiger partial charge in [0.15, 0.2) is 11.5 Å². The molecule has 9 heteroatoms. The minimum atomic E-state index is -0.118. The summed E-state index contributed by atoms with van der Waals surface area (Å²) in [7, 11) is 0. The highest BCUT2D eigenvalue weighted by Gasteiger charge is 2.34. The zero-order valence-corrected chi connectivity index (χ0v) is 18.9. The molecule has 1 N–H and O–H groups in total. The van der Waals surface area contributed by atoms with Crippen molar-refractivity contribution in [2.45, 2.75) is 39.3 Å². The maximum atomic E-state index is 12.7. The molecule has 0 radical (unpaired) electrons. The van der Waals surface area contributed by atoms with Gasteiger partial charge >= 0.3 is 0 Å². The average molecular weight is 441 g/mol. The van der Waals surface area contributed by atoms with Crippen LogP contribution in [0.5, 0.6) is 0 Å². The molecular formula is C22H28N6O2S. The minimum Gasteiger partial charge on any atom is -0.352 e. The van der Waals surface area contributed by atoms with Crippen molar-refractivity contribution in [1.82, 2.24) is 29.7 Å². The van der Waals surface area contributed by atoms with Gasteiger partial charge in [-0.3, -0.25) is 18.9 Å². The van der Waals surface area contributed by atoms with Crippen LogP contribution in [0.15, 0.2) is 35.8 Å². The number of nitrogens with one attached hydrogen (secondary N) is 1. The molecule has 8 nitrogen and oxygen atoms in total. The standard InChI is InChI=1S/C22H28N6O2S/c1-15(2)27-11-10-26(16(3)29)14-19(27)21-25-24-20-7-6-17(13-28(20)21)22(30)23-9-8-18-5-4-12-31-18/h4-7,12-13,15,19H,8-11,14H2,1-3H3,(H,23,30). The number of nitrogens with zero attached hydrogens (tertiary/aromatic N) is 5. The van der Waals surface area contributed by atoms with E-state index in [2.05, 4.69) is 40.3 Å². The number of rotatable bonds is 6. The predicted octanol–water partition coefficient (Wildman–Crippen LogP) is 2.38. The van der Waals surface area contributed by atoms with E-state index in [1.54, 1.807) is 30.5 Å². The lowest BCUT2D eigenvalue weighted by atomic mass is 10.1. The van der Waals surface area contributed by atoms with Crippen molar-refractivity contribution in [3.05, 3.63) is 52.1 Å². The summed E-state index contributed by atoms with van der Waals surface area (Å²) in [5.74, 6) is 0.698. The third-order valence-corrected chi connectivity index (χ3v) is 6.69. The van der Waals surface area contributed by atoms with Gasteiger partial charge in [-0.15, -0.1) is 21.5 Å². The zero-order chi connectivity index (χ0) is 22.0. The molecule has 0 aliphatic carbocycles. The van der Waals surface area contributed by atoms with Gasteiger partial charge in [-0.1, -0.05) is 6.07 Å². The largest absolute Gasteiger partial charge is 0.352 e. The van der Waals surface area contributed by atoms with E-state index >= 15 is 0 Å². The molecule has 4 rings (SSSR count). The highest BCUT2D eigenvalue weighted by atomic mass is 32.1. The Balaban J connectivity index is 1.56. The van der Waals surface area contributed by atoms with Gasteiger partial charge in [0.2, 0.25) is 5.91 Å². The summed E-state index contributed by atoms with van der Waals surface area (Å²) in [5.41, 5.74) is 1.25. The molecule has 4 heterocycles. The van der Waals surface area contributed by atoms with Crippen LogP contribution in [0, 0.1) is 0 Å². The fraction of sp³-hybridized carbons (Fsp3) is 0.455. The molecule has 0 saturated carbocycles. The van der Waals surface area contributed by atoms with Crippen LogP contribution in [0.2, 0.25) is 0 Å². The fourth-order valence-electron chi connectivity index (χ4n) is 4.06. The van der Waals surface area contributed by atoms with E-state index in [0.717, 1.165) is 18.8 Å². The van der Waals surface area contributed by atoms with Crippen molar-refractivity contribution >= 4 is 28.8 Å². The first-order valence-corrected chi connectivity index (χ1v) is 11.5. The Morgan fingerprint density at radius 2 is 2.06 bits per heavy atom. The monoisotopic (exact) mass is 440 g/mol. The van der Waals surface area contributed by atoms with Crippen LogP contribution in [0.4, 0.5) is 0 Å². The second kappa shape index (κ2) is 9.15. The number of aromatic nitrogens is 3. The molecule has 0 bridgehead atoms. The minimum absolute atomic E-state index is 0.0630. The number of fused-ring (bicyclic) bond motifs is 1. The molecule has 1 aliphatic rings. The number of carbonyl (C=O) groups excluding carboxylic acids is 2. The third-order valence-electron chi connectivity index (χ3n) is 5.76. The molecule has 1 saturated heterocycles. The molecule has 1 atom stereocenters. The topological polar surface area (TPSA) is 82.8 Å². The van der Waals surface area contributed by atoms with Crippen LogP contribution >= 0.6 is 11.3 Å². The zero-order valence-electron chi connectivity index (χ0n) is 18.1. The second-order valence-electron chi connectivity index (χ2n) is 8.10. The maximum absolute atomic E-state index is 12.7. The number of thiophene rings is 1. The van der Waals surface area contributed by atoms with Crippen molar-refractivity contribution in [1.29, 1.82) is 0 Å². The summed E-state index contributed by atoms with van der Waals surface area (Å²) in [5, 5.41) is 13.8. The van der Waals surface area contributed by atoms with E-state index < -0.39 is 0 Å². The lowest BCUT2D eigenvalue weighted by Crippen LogP contribution is -2.52. The summed E-state index contributed by atoms with van der Waals surface area (Å²) >= 11 is 1.69. The van der Waals surface area contributed by atoms with Crippen LogP contribution in [-0.4, -0.2) is 68.4 Å². The summed E-state index contributed by atoms with van der Waals surface area (Å²) in [4.78, 5) is 30.1. The van der Waals surface area contributed by atoms with Crippen LogP contribution in [0.1, 0.15) is 47.9 Å². The average Bonchev–Trinajstić information content (AvgIpc) is 3.42. The van der Waals surface area contributed by atoms with E-state index in [9.17, 15) is 9.59 Å². The maximum Gasteiger partial charge on any atom is 0.252 e. The molecule has 0 spiro atoms. The molecule has 3 aromatic rings. The van der Waals surface area contributed by atoms with Crippen molar-refractivity contribution < 1.29 is 9.59 Å². The van der Waals surface area contributed by atoms with Gasteiger partial charge in [0.1, 0.15) is 0 Å². The first-order chi connectivity index (χ1) is 14.9. The number of pyridine rings is 1. The van der Waals surface area contributed by atoms with Crippen molar-refractivity contribution in [2.75, 3.05) is 26.2 Å². The molecule has 0 aromatic carbocycles. The van der Waals surface area contributed by atoms with Gasteiger partial charge in [-0.05, 0) is 43.8 Å². The van der Waals surface area contributed by atoms with Crippen molar-refractivity contribution in [3.63, 3.8) is 0 Å². The highest BCUT2D eigenvalue weighted by Crippen LogP contribution is 2.27. The number of carbonyl (C=O) groups is 2. The molecule has 1 aliphatic heterocycles. The van der Waals surface area contributed by atoms with Gasteiger partial charge in [-0.2, -0.15) is 0 Å². The molecule has 1 fully saturated rings. The van der Waals surface area contributed by atoms with Gasteiger partial charge in [0.05, 0.1) is 11.6 Å². The Morgan fingerprint density at radius 1 is 1.23 bits per heavy atom. The van der Waals surface area contributed by atoms with Crippen molar-refractivity contribution in [3.8, 4) is 0 Å². The normalized spacial score (nSPS) is 17.4. The van der Waals surface area contributed by atoms with Crippen LogP contribution in [0.25, 0.3) is 5.65 Å². The van der Waals surface area contributed by atoms with Gasteiger partial charge in [0, 0.05) is 50.2 Å². The lowest BCUT2D eigenvalue weighted by molar-refractivity contribution is -0.132. The van der Waals surface area contributed by atoms with Crippen LogP contribution in [-0.2, 0) is 11.2 Å². The van der Waals surface area contributed by atoms with E-state index in [1.807, 2.05) is 26.8 Å².